The van der Waals surface area contributed by atoms with Crippen molar-refractivity contribution in [2.24, 2.45) is 0 Å². The van der Waals surface area contributed by atoms with Gasteiger partial charge in [0.1, 0.15) is 17.1 Å². The van der Waals surface area contributed by atoms with E-state index in [1.54, 1.807) is 31.4 Å². The van der Waals surface area contributed by atoms with Crippen molar-refractivity contribution in [3.8, 4) is 5.75 Å². The molecule has 3 rings (SSSR count). The van der Waals surface area contributed by atoms with E-state index in [9.17, 15) is 4.79 Å². The molecule has 0 amide bonds. The number of carbonyl (C=O) groups is 1. The average molecular weight is 359 g/mol. The third-order valence-corrected chi connectivity index (χ3v) is 4.12. The van der Waals surface area contributed by atoms with Crippen LogP contribution in [0.2, 0.25) is 0 Å². The smallest absolute Gasteiger partial charge is 0.197 e. The van der Waals surface area contributed by atoms with Crippen LogP contribution in [0.3, 0.4) is 0 Å². The molecule has 0 unspecified atom stereocenters. The van der Waals surface area contributed by atoms with Crippen molar-refractivity contribution in [2.75, 3.05) is 7.11 Å². The maximum atomic E-state index is 12.9. The Balaban J connectivity index is 2.12. The number of hydrogen-bond donors (Lipinski definition) is 0. The van der Waals surface area contributed by atoms with Gasteiger partial charge in [-0.2, -0.15) is 0 Å². The van der Waals surface area contributed by atoms with Gasteiger partial charge in [-0.05, 0) is 42.5 Å². The Morgan fingerprint density at radius 2 is 1.91 bits per heavy atom. The van der Waals surface area contributed by atoms with Gasteiger partial charge in [-0.15, -0.1) is 0 Å². The first-order chi connectivity index (χ1) is 10.6. The van der Waals surface area contributed by atoms with Crippen molar-refractivity contribution in [1.29, 1.82) is 0 Å². The van der Waals surface area contributed by atoms with E-state index < -0.39 is 0 Å². The molecule has 4 heteroatoms. The fourth-order valence-corrected chi connectivity index (χ4v) is 2.85. The van der Waals surface area contributed by atoms with Gasteiger partial charge < -0.3 is 9.15 Å². The number of aryl methyl sites for hydroxylation is 1. The summed E-state index contributed by atoms with van der Waals surface area (Å²) in [5.74, 6) is 1.42. The first kappa shape index (κ1) is 14.9. The fourth-order valence-electron chi connectivity index (χ4n) is 2.51. The lowest BCUT2D eigenvalue weighted by Crippen LogP contribution is -2.03. The summed E-state index contributed by atoms with van der Waals surface area (Å²) in [6.07, 6.45) is 0.670. The molecule has 0 saturated carbocycles. The molecule has 22 heavy (non-hydrogen) atoms. The molecular weight excluding hydrogens is 344 g/mol. The van der Waals surface area contributed by atoms with Crippen molar-refractivity contribution in [1.82, 2.24) is 0 Å². The van der Waals surface area contributed by atoms with Crippen LogP contribution in [0.15, 0.2) is 51.4 Å². The molecule has 0 aliphatic rings. The fraction of sp³-hybridized carbons (Fsp3) is 0.167. The summed E-state index contributed by atoms with van der Waals surface area (Å²) in [6.45, 7) is 1.98. The molecule has 0 N–H and O–H groups in total. The highest BCUT2D eigenvalue weighted by Crippen LogP contribution is 2.31. The predicted octanol–water partition coefficient (Wildman–Crippen LogP) is 5.00. The molecule has 0 aliphatic carbocycles. The number of ether oxygens (including phenoxy) is 1. The lowest BCUT2D eigenvalue weighted by Gasteiger charge is -2.03. The number of halogens is 1. The number of ketones is 1. The van der Waals surface area contributed by atoms with Gasteiger partial charge >= 0.3 is 0 Å². The average Bonchev–Trinajstić information content (AvgIpc) is 2.91. The monoisotopic (exact) mass is 358 g/mol. The Kier molecular flexibility index (Phi) is 4.03. The maximum Gasteiger partial charge on any atom is 0.197 e. The number of methoxy groups -OCH3 is 1. The molecule has 0 saturated heterocycles. The van der Waals surface area contributed by atoms with E-state index in [-0.39, 0.29) is 5.78 Å². The second-order valence-electron chi connectivity index (χ2n) is 4.95. The highest BCUT2D eigenvalue weighted by atomic mass is 79.9. The quantitative estimate of drug-likeness (QED) is 0.616. The number of carbonyl (C=O) groups excluding carboxylic acids is 1. The summed E-state index contributed by atoms with van der Waals surface area (Å²) in [4.78, 5) is 12.9. The minimum Gasteiger partial charge on any atom is -0.497 e. The SMILES string of the molecule is CCc1oc2cc(Br)ccc2c1C(=O)c1ccc(OC)cc1. The molecule has 2 aromatic carbocycles. The van der Waals surface area contributed by atoms with Crippen molar-refractivity contribution >= 4 is 32.7 Å². The zero-order chi connectivity index (χ0) is 15.7. The third kappa shape index (κ3) is 2.55. The lowest BCUT2D eigenvalue weighted by atomic mass is 9.99. The van der Waals surface area contributed by atoms with E-state index in [0.717, 1.165) is 21.2 Å². The van der Waals surface area contributed by atoms with Crippen molar-refractivity contribution in [3.05, 3.63) is 63.8 Å². The molecule has 0 aliphatic heterocycles. The van der Waals surface area contributed by atoms with Crippen LogP contribution in [0.5, 0.6) is 5.75 Å². The van der Waals surface area contributed by atoms with Gasteiger partial charge in [0.05, 0.1) is 12.7 Å². The van der Waals surface area contributed by atoms with Crippen LogP contribution in [-0.2, 0) is 6.42 Å². The largest absolute Gasteiger partial charge is 0.497 e. The van der Waals surface area contributed by atoms with Crippen LogP contribution < -0.4 is 4.74 Å². The van der Waals surface area contributed by atoms with Crippen LogP contribution in [0.25, 0.3) is 11.0 Å². The van der Waals surface area contributed by atoms with Gasteiger partial charge in [0.15, 0.2) is 5.78 Å². The molecule has 0 fully saturated rings. The summed E-state index contributed by atoms with van der Waals surface area (Å²) in [5.41, 5.74) is 2.00. The van der Waals surface area contributed by atoms with Crippen LogP contribution in [0, 0.1) is 0 Å². The van der Waals surface area contributed by atoms with Gasteiger partial charge in [0.25, 0.3) is 0 Å². The van der Waals surface area contributed by atoms with Crippen LogP contribution in [-0.4, -0.2) is 12.9 Å². The second-order valence-corrected chi connectivity index (χ2v) is 5.87. The summed E-state index contributed by atoms with van der Waals surface area (Å²) in [7, 11) is 1.60. The zero-order valence-electron chi connectivity index (χ0n) is 12.4. The molecule has 112 valence electrons. The summed E-state index contributed by atoms with van der Waals surface area (Å²) in [6, 6.07) is 12.9. The van der Waals surface area contributed by atoms with Gasteiger partial charge in [0, 0.05) is 21.8 Å². The van der Waals surface area contributed by atoms with Crippen molar-refractivity contribution < 1.29 is 13.9 Å². The van der Waals surface area contributed by atoms with E-state index in [4.69, 9.17) is 9.15 Å². The van der Waals surface area contributed by atoms with E-state index in [1.165, 1.54) is 0 Å². The Bertz CT molecular complexity index is 831. The number of hydrogen-bond acceptors (Lipinski definition) is 3. The van der Waals surface area contributed by atoms with E-state index in [2.05, 4.69) is 15.9 Å². The minimum absolute atomic E-state index is 0.0272. The number of benzene rings is 2. The molecule has 0 bridgehead atoms. The van der Waals surface area contributed by atoms with E-state index in [0.29, 0.717) is 23.3 Å². The van der Waals surface area contributed by atoms with Crippen molar-refractivity contribution in [2.45, 2.75) is 13.3 Å². The Morgan fingerprint density at radius 1 is 1.18 bits per heavy atom. The Hall–Kier alpha value is -2.07. The van der Waals surface area contributed by atoms with Crippen LogP contribution in [0.4, 0.5) is 0 Å². The first-order valence-electron chi connectivity index (χ1n) is 7.03. The topological polar surface area (TPSA) is 39.4 Å². The highest BCUT2D eigenvalue weighted by molar-refractivity contribution is 9.10. The summed E-state index contributed by atoms with van der Waals surface area (Å²) in [5, 5.41) is 0.848. The standard InChI is InChI=1S/C18H15BrO3/c1-3-15-17(14-9-6-12(19)10-16(14)22-15)18(20)11-4-7-13(21-2)8-5-11/h4-10H,3H2,1-2H3. The minimum atomic E-state index is -0.0272. The molecule has 1 heterocycles. The first-order valence-corrected chi connectivity index (χ1v) is 7.83. The Morgan fingerprint density at radius 3 is 2.55 bits per heavy atom. The Labute approximate surface area is 137 Å². The molecule has 0 atom stereocenters. The van der Waals surface area contributed by atoms with Gasteiger partial charge in [0.2, 0.25) is 0 Å². The number of fused-ring (bicyclic) bond motifs is 1. The van der Waals surface area contributed by atoms with E-state index >= 15 is 0 Å². The normalized spacial score (nSPS) is 10.9. The molecule has 1 aromatic heterocycles. The number of rotatable bonds is 4. The summed E-state index contributed by atoms with van der Waals surface area (Å²) >= 11 is 3.43. The molecular formula is C18H15BrO3. The number of furan rings is 1. The zero-order valence-corrected chi connectivity index (χ0v) is 13.9. The molecule has 3 aromatic rings. The lowest BCUT2D eigenvalue weighted by molar-refractivity contribution is 0.103. The van der Waals surface area contributed by atoms with E-state index in [1.807, 2.05) is 25.1 Å². The third-order valence-electron chi connectivity index (χ3n) is 3.63. The van der Waals surface area contributed by atoms with Crippen LogP contribution >= 0.6 is 15.9 Å². The molecule has 0 radical (unpaired) electrons. The molecule has 0 spiro atoms. The van der Waals surface area contributed by atoms with Gasteiger partial charge in [-0.3, -0.25) is 4.79 Å². The van der Waals surface area contributed by atoms with Gasteiger partial charge in [-0.1, -0.05) is 22.9 Å². The van der Waals surface area contributed by atoms with Crippen LogP contribution in [0.1, 0.15) is 28.6 Å². The summed E-state index contributed by atoms with van der Waals surface area (Å²) < 4.78 is 11.9. The predicted molar refractivity (Wildman–Crippen MR) is 89.7 cm³/mol. The highest BCUT2D eigenvalue weighted by Gasteiger charge is 2.21. The maximum absolute atomic E-state index is 12.9. The van der Waals surface area contributed by atoms with Gasteiger partial charge in [-0.25, -0.2) is 0 Å². The second kappa shape index (κ2) is 5.97. The van der Waals surface area contributed by atoms with Crippen molar-refractivity contribution in [3.63, 3.8) is 0 Å². The molecule has 3 nitrogen and oxygen atoms in total.